The molecule has 7 heteroatoms. The number of hydrogen-bond acceptors (Lipinski definition) is 6. The SMILES string of the molecule is CN1CCC(c2nc(-c3cccc(F)c3)c(-c3ccnc(NC4CC4)n3)s2)CC1. The van der Waals surface area contributed by atoms with Crippen LogP contribution in [0.3, 0.4) is 0 Å². The van der Waals surface area contributed by atoms with E-state index < -0.39 is 0 Å². The third-order valence-electron chi connectivity index (χ3n) is 5.61. The molecule has 0 unspecified atom stereocenters. The molecule has 3 aromatic rings. The largest absolute Gasteiger partial charge is 0.351 e. The summed E-state index contributed by atoms with van der Waals surface area (Å²) >= 11 is 1.69. The number of hydrogen-bond donors (Lipinski definition) is 1. The number of aromatic nitrogens is 3. The van der Waals surface area contributed by atoms with E-state index in [4.69, 9.17) is 9.97 Å². The lowest BCUT2D eigenvalue weighted by Crippen LogP contribution is -2.29. The molecule has 5 nitrogen and oxygen atoms in total. The monoisotopic (exact) mass is 409 g/mol. The van der Waals surface area contributed by atoms with Crippen LogP contribution in [0.2, 0.25) is 0 Å². The third kappa shape index (κ3) is 4.16. The van der Waals surface area contributed by atoms with Crippen molar-refractivity contribution in [1.82, 2.24) is 19.9 Å². The van der Waals surface area contributed by atoms with Crippen molar-refractivity contribution in [3.05, 3.63) is 47.4 Å². The van der Waals surface area contributed by atoms with E-state index in [1.54, 1.807) is 29.7 Å². The predicted molar refractivity (Wildman–Crippen MR) is 115 cm³/mol. The number of rotatable bonds is 5. The van der Waals surface area contributed by atoms with E-state index in [0.29, 0.717) is 17.9 Å². The normalized spacial score (nSPS) is 18.1. The molecule has 1 aromatic carbocycles. The van der Waals surface area contributed by atoms with Gasteiger partial charge >= 0.3 is 0 Å². The van der Waals surface area contributed by atoms with Crippen LogP contribution in [0.15, 0.2) is 36.5 Å². The van der Waals surface area contributed by atoms with Crippen molar-refractivity contribution in [2.24, 2.45) is 0 Å². The molecule has 2 fully saturated rings. The number of nitrogens with zero attached hydrogens (tertiary/aromatic N) is 4. The van der Waals surface area contributed by atoms with E-state index in [1.165, 1.54) is 18.9 Å². The fraction of sp³-hybridized carbons (Fsp3) is 0.409. The molecule has 2 aromatic heterocycles. The van der Waals surface area contributed by atoms with Crippen LogP contribution in [-0.2, 0) is 0 Å². The number of halogens is 1. The topological polar surface area (TPSA) is 53.9 Å². The summed E-state index contributed by atoms with van der Waals surface area (Å²) in [7, 11) is 2.16. The molecular weight excluding hydrogens is 385 g/mol. The Bertz CT molecular complexity index is 1010. The van der Waals surface area contributed by atoms with Crippen molar-refractivity contribution in [2.75, 3.05) is 25.5 Å². The summed E-state index contributed by atoms with van der Waals surface area (Å²) in [5.41, 5.74) is 2.46. The lowest BCUT2D eigenvalue weighted by Gasteiger charge is -2.27. The molecule has 0 radical (unpaired) electrons. The average Bonchev–Trinajstić information content (AvgIpc) is 3.43. The van der Waals surface area contributed by atoms with Crippen molar-refractivity contribution in [3.63, 3.8) is 0 Å². The minimum atomic E-state index is -0.249. The summed E-state index contributed by atoms with van der Waals surface area (Å²) in [5, 5.41) is 4.49. The minimum absolute atomic E-state index is 0.249. The summed E-state index contributed by atoms with van der Waals surface area (Å²) in [6.07, 6.45) is 6.33. The standard InChI is InChI=1S/C22H24FN5S/c1-28-11-8-14(9-12-28)21-27-19(15-3-2-4-16(23)13-15)20(29-21)18-7-10-24-22(26-18)25-17-5-6-17/h2-4,7,10,13-14,17H,5-6,8-9,11-12H2,1H3,(H,24,25,26). The van der Waals surface area contributed by atoms with Gasteiger partial charge in [0.15, 0.2) is 0 Å². The van der Waals surface area contributed by atoms with Gasteiger partial charge in [-0.1, -0.05) is 12.1 Å². The maximum atomic E-state index is 13.9. The molecule has 0 bridgehead atoms. The third-order valence-corrected chi connectivity index (χ3v) is 6.85. The first-order chi connectivity index (χ1) is 14.2. The number of benzene rings is 1. The smallest absolute Gasteiger partial charge is 0.223 e. The number of likely N-dealkylation sites (tertiary alicyclic amines) is 1. The molecule has 0 atom stereocenters. The van der Waals surface area contributed by atoms with Crippen LogP contribution >= 0.6 is 11.3 Å². The molecule has 3 heterocycles. The van der Waals surface area contributed by atoms with Gasteiger partial charge in [-0.05, 0) is 64.0 Å². The second kappa shape index (κ2) is 7.80. The van der Waals surface area contributed by atoms with Gasteiger partial charge in [-0.15, -0.1) is 11.3 Å². The highest BCUT2D eigenvalue weighted by atomic mass is 32.1. The van der Waals surface area contributed by atoms with Gasteiger partial charge in [0.1, 0.15) is 5.82 Å². The van der Waals surface area contributed by atoms with Crippen molar-refractivity contribution < 1.29 is 4.39 Å². The Kier molecular flexibility index (Phi) is 5.01. The molecule has 0 amide bonds. The maximum absolute atomic E-state index is 13.9. The molecule has 1 saturated carbocycles. The van der Waals surface area contributed by atoms with Gasteiger partial charge in [0.05, 0.1) is 21.3 Å². The molecule has 1 aliphatic carbocycles. The van der Waals surface area contributed by atoms with Gasteiger partial charge < -0.3 is 10.2 Å². The van der Waals surface area contributed by atoms with Crippen LogP contribution in [0.4, 0.5) is 10.3 Å². The van der Waals surface area contributed by atoms with E-state index >= 15 is 0 Å². The molecule has 1 saturated heterocycles. The zero-order valence-corrected chi connectivity index (χ0v) is 17.3. The fourth-order valence-corrected chi connectivity index (χ4v) is 4.96. The minimum Gasteiger partial charge on any atom is -0.351 e. The summed E-state index contributed by atoms with van der Waals surface area (Å²) < 4.78 is 13.9. The van der Waals surface area contributed by atoms with E-state index in [0.717, 1.165) is 52.8 Å². The maximum Gasteiger partial charge on any atom is 0.223 e. The highest BCUT2D eigenvalue weighted by molar-refractivity contribution is 7.15. The molecule has 0 spiro atoms. The van der Waals surface area contributed by atoms with Crippen molar-refractivity contribution >= 4 is 17.3 Å². The zero-order chi connectivity index (χ0) is 19.8. The Labute approximate surface area is 174 Å². The van der Waals surface area contributed by atoms with Crippen LogP contribution in [0.5, 0.6) is 0 Å². The first-order valence-corrected chi connectivity index (χ1v) is 11.0. The fourth-order valence-electron chi connectivity index (χ4n) is 3.74. The van der Waals surface area contributed by atoms with Gasteiger partial charge in [-0.3, -0.25) is 0 Å². The van der Waals surface area contributed by atoms with E-state index in [1.807, 2.05) is 12.1 Å². The average molecular weight is 410 g/mol. The van der Waals surface area contributed by atoms with Crippen LogP contribution in [0.1, 0.15) is 36.6 Å². The molecule has 1 N–H and O–H groups in total. The van der Waals surface area contributed by atoms with Crippen molar-refractivity contribution in [1.29, 1.82) is 0 Å². The molecule has 29 heavy (non-hydrogen) atoms. The molecule has 150 valence electrons. The van der Waals surface area contributed by atoms with Crippen LogP contribution in [0.25, 0.3) is 21.8 Å². The lowest BCUT2D eigenvalue weighted by atomic mass is 9.98. The van der Waals surface area contributed by atoms with Gasteiger partial charge in [0.25, 0.3) is 0 Å². The molecule has 1 aliphatic heterocycles. The summed E-state index contributed by atoms with van der Waals surface area (Å²) in [5.74, 6) is 0.855. The van der Waals surface area contributed by atoms with E-state index in [2.05, 4.69) is 22.2 Å². The number of anilines is 1. The van der Waals surface area contributed by atoms with Crippen LogP contribution < -0.4 is 5.32 Å². The Morgan fingerprint density at radius 3 is 2.69 bits per heavy atom. The van der Waals surface area contributed by atoms with E-state index in [9.17, 15) is 4.39 Å². The lowest BCUT2D eigenvalue weighted by molar-refractivity contribution is 0.255. The van der Waals surface area contributed by atoms with E-state index in [-0.39, 0.29) is 5.82 Å². The summed E-state index contributed by atoms with van der Waals surface area (Å²) in [6.45, 7) is 2.16. The first-order valence-electron chi connectivity index (χ1n) is 10.2. The first kappa shape index (κ1) is 18.6. The second-order valence-electron chi connectivity index (χ2n) is 8.00. The summed E-state index contributed by atoms with van der Waals surface area (Å²) in [4.78, 5) is 17.5. The van der Waals surface area contributed by atoms with Crippen molar-refractivity contribution in [2.45, 2.75) is 37.6 Å². The zero-order valence-electron chi connectivity index (χ0n) is 16.4. The molecule has 2 aliphatic rings. The Balaban J connectivity index is 1.55. The number of thiazole rings is 1. The molecule has 5 rings (SSSR count). The second-order valence-corrected chi connectivity index (χ2v) is 9.03. The Hall–Kier alpha value is -2.38. The number of nitrogens with one attached hydrogen (secondary N) is 1. The Morgan fingerprint density at radius 1 is 1.10 bits per heavy atom. The van der Waals surface area contributed by atoms with Crippen LogP contribution in [-0.4, -0.2) is 46.0 Å². The quantitative estimate of drug-likeness (QED) is 0.657. The van der Waals surface area contributed by atoms with Crippen molar-refractivity contribution in [3.8, 4) is 21.8 Å². The van der Waals surface area contributed by atoms with Crippen LogP contribution in [0, 0.1) is 5.82 Å². The predicted octanol–water partition coefficient (Wildman–Crippen LogP) is 4.79. The molecular formula is C22H24FN5S. The van der Waals surface area contributed by atoms with Gasteiger partial charge in [-0.2, -0.15) is 0 Å². The van der Waals surface area contributed by atoms with Gasteiger partial charge in [0, 0.05) is 23.7 Å². The summed E-state index contributed by atoms with van der Waals surface area (Å²) in [6, 6.07) is 9.10. The highest BCUT2D eigenvalue weighted by Crippen LogP contribution is 2.41. The van der Waals surface area contributed by atoms with Gasteiger partial charge in [-0.25, -0.2) is 19.3 Å². The Morgan fingerprint density at radius 2 is 1.93 bits per heavy atom. The number of piperidine rings is 1. The van der Waals surface area contributed by atoms with Gasteiger partial charge in [0.2, 0.25) is 5.95 Å². The highest BCUT2D eigenvalue weighted by Gasteiger charge is 2.26.